The molecule has 0 aliphatic carbocycles. The van der Waals surface area contributed by atoms with Crippen molar-refractivity contribution < 1.29 is 14.3 Å². The highest BCUT2D eigenvalue weighted by molar-refractivity contribution is 6.07. The number of aromatic nitrogens is 2. The van der Waals surface area contributed by atoms with Crippen molar-refractivity contribution in [3.8, 4) is 11.8 Å². The number of amides is 1. The van der Waals surface area contributed by atoms with Crippen molar-refractivity contribution in [1.29, 1.82) is 5.26 Å². The van der Waals surface area contributed by atoms with Crippen molar-refractivity contribution in [3.05, 3.63) is 46.0 Å². The van der Waals surface area contributed by atoms with Crippen molar-refractivity contribution in [2.45, 2.75) is 59.6 Å². The zero-order valence-electron chi connectivity index (χ0n) is 20.9. The van der Waals surface area contributed by atoms with Gasteiger partial charge < -0.3 is 19.4 Å². The average Bonchev–Trinajstić information content (AvgIpc) is 2.73. The van der Waals surface area contributed by atoms with E-state index < -0.39 is 11.7 Å². The highest BCUT2D eigenvalue weighted by Gasteiger charge is 2.22. The lowest BCUT2D eigenvalue weighted by Crippen LogP contribution is -2.42. The number of pyridine rings is 2. The van der Waals surface area contributed by atoms with Crippen molar-refractivity contribution in [3.63, 3.8) is 0 Å². The molecule has 0 saturated carbocycles. The molecule has 2 heterocycles. The van der Waals surface area contributed by atoms with Crippen LogP contribution in [0.3, 0.4) is 0 Å². The van der Waals surface area contributed by atoms with E-state index in [0.717, 1.165) is 10.8 Å². The summed E-state index contributed by atoms with van der Waals surface area (Å²) in [4.78, 5) is 29.6. The quantitative estimate of drug-likeness (QED) is 0.535. The molecule has 2 aromatic heterocycles. The standard InChI is InChI=1S/C26H32N4O4/c1-15(2)10-18(29-25(32)34-26(4,5)6)14-33-22-12-21-20(11-17(22)13-27)19-8-9-28-16(3)23(19)24(31)30(21)7/h8-9,11-12,15,18H,10,14H2,1-7H3,(H,29,32). The van der Waals surface area contributed by atoms with Gasteiger partial charge in [-0.25, -0.2) is 4.79 Å². The van der Waals surface area contributed by atoms with Crippen LogP contribution in [0, 0.1) is 24.2 Å². The minimum absolute atomic E-state index is 0.155. The van der Waals surface area contributed by atoms with Gasteiger partial charge in [-0.3, -0.25) is 9.78 Å². The van der Waals surface area contributed by atoms with E-state index in [1.165, 1.54) is 0 Å². The lowest BCUT2D eigenvalue weighted by atomic mass is 10.0. The first kappa shape index (κ1) is 25.0. The van der Waals surface area contributed by atoms with E-state index >= 15 is 0 Å². The van der Waals surface area contributed by atoms with Crippen LogP contribution in [0.5, 0.6) is 5.75 Å². The summed E-state index contributed by atoms with van der Waals surface area (Å²) in [6.07, 6.45) is 1.81. The number of nitrogens with zero attached hydrogens (tertiary/aromatic N) is 3. The Balaban J connectivity index is 1.98. The summed E-state index contributed by atoms with van der Waals surface area (Å²) in [6.45, 7) is 11.5. The summed E-state index contributed by atoms with van der Waals surface area (Å²) in [6, 6.07) is 7.13. The van der Waals surface area contributed by atoms with Gasteiger partial charge in [-0.2, -0.15) is 5.26 Å². The van der Waals surface area contributed by atoms with Crippen molar-refractivity contribution in [2.75, 3.05) is 6.61 Å². The first-order valence-corrected chi connectivity index (χ1v) is 11.4. The molecule has 0 aliphatic rings. The minimum Gasteiger partial charge on any atom is -0.490 e. The predicted octanol–water partition coefficient (Wildman–Crippen LogP) is 4.59. The largest absolute Gasteiger partial charge is 0.490 e. The van der Waals surface area contributed by atoms with Gasteiger partial charge >= 0.3 is 6.09 Å². The van der Waals surface area contributed by atoms with Crippen molar-refractivity contribution in [2.24, 2.45) is 13.0 Å². The van der Waals surface area contributed by atoms with Crippen molar-refractivity contribution in [1.82, 2.24) is 14.9 Å². The summed E-state index contributed by atoms with van der Waals surface area (Å²) in [5, 5.41) is 14.7. The second kappa shape index (κ2) is 9.72. The fourth-order valence-corrected chi connectivity index (χ4v) is 4.01. The van der Waals surface area contributed by atoms with Gasteiger partial charge in [-0.1, -0.05) is 13.8 Å². The van der Waals surface area contributed by atoms with Gasteiger partial charge in [0.25, 0.3) is 5.56 Å². The molecule has 1 unspecified atom stereocenters. The van der Waals surface area contributed by atoms with Gasteiger partial charge in [0.1, 0.15) is 24.0 Å². The molecule has 8 nitrogen and oxygen atoms in total. The molecular weight excluding hydrogens is 432 g/mol. The molecule has 8 heteroatoms. The predicted molar refractivity (Wildman–Crippen MR) is 132 cm³/mol. The number of fused-ring (bicyclic) bond motifs is 3. The van der Waals surface area contributed by atoms with E-state index in [-0.39, 0.29) is 18.2 Å². The topological polar surface area (TPSA) is 106 Å². The maximum atomic E-state index is 13.0. The molecule has 0 radical (unpaired) electrons. The first-order chi connectivity index (χ1) is 15.9. The highest BCUT2D eigenvalue weighted by Crippen LogP contribution is 2.30. The second-order valence-electron chi connectivity index (χ2n) is 9.94. The summed E-state index contributed by atoms with van der Waals surface area (Å²) in [7, 11) is 1.69. The molecular formula is C26H32N4O4. The Labute approximate surface area is 199 Å². The van der Waals surface area contributed by atoms with Gasteiger partial charge in [0.05, 0.1) is 28.2 Å². The van der Waals surface area contributed by atoms with Crippen LogP contribution in [0.1, 0.15) is 52.3 Å². The number of ether oxygens (including phenoxy) is 2. The maximum Gasteiger partial charge on any atom is 0.407 e. The van der Waals surface area contributed by atoms with Crippen LogP contribution >= 0.6 is 0 Å². The van der Waals surface area contributed by atoms with Crippen LogP contribution in [0.2, 0.25) is 0 Å². The SMILES string of the molecule is Cc1nccc2c1c(=O)n(C)c1cc(OCC(CC(C)C)NC(=O)OC(C)(C)C)c(C#N)cc21. The molecule has 3 rings (SSSR count). The number of alkyl carbamates (subject to hydrolysis) is 1. The highest BCUT2D eigenvalue weighted by atomic mass is 16.6. The number of rotatable bonds is 6. The van der Waals surface area contributed by atoms with E-state index in [4.69, 9.17) is 9.47 Å². The fourth-order valence-electron chi connectivity index (χ4n) is 4.01. The van der Waals surface area contributed by atoms with Crippen LogP contribution in [0.25, 0.3) is 21.7 Å². The summed E-state index contributed by atoms with van der Waals surface area (Å²) in [5.74, 6) is 0.662. The fraction of sp³-hybridized carbons (Fsp3) is 0.462. The van der Waals surface area contributed by atoms with Crippen LogP contribution in [-0.2, 0) is 11.8 Å². The van der Waals surface area contributed by atoms with Gasteiger partial charge in [-0.05, 0) is 57.6 Å². The molecule has 0 fully saturated rings. The summed E-state index contributed by atoms with van der Waals surface area (Å²) < 4.78 is 13.0. The third kappa shape index (κ3) is 5.48. The number of carbonyl (C=O) groups is 1. The molecule has 0 saturated heterocycles. The lowest BCUT2D eigenvalue weighted by Gasteiger charge is -2.25. The first-order valence-electron chi connectivity index (χ1n) is 11.4. The van der Waals surface area contributed by atoms with Gasteiger partial charge in [0.15, 0.2) is 0 Å². The van der Waals surface area contributed by atoms with E-state index in [1.807, 2.05) is 0 Å². The third-order valence-electron chi connectivity index (χ3n) is 5.45. The molecule has 0 aliphatic heterocycles. The Bertz CT molecular complexity index is 1330. The third-order valence-corrected chi connectivity index (χ3v) is 5.45. The molecule has 180 valence electrons. The van der Waals surface area contributed by atoms with E-state index in [0.29, 0.717) is 40.2 Å². The van der Waals surface area contributed by atoms with Gasteiger partial charge in [0, 0.05) is 24.7 Å². The number of carbonyl (C=O) groups excluding carboxylic acids is 1. The number of aryl methyl sites for hydroxylation is 2. The zero-order valence-corrected chi connectivity index (χ0v) is 20.9. The zero-order chi connectivity index (χ0) is 25.2. The number of hydrogen-bond acceptors (Lipinski definition) is 6. The Kier molecular flexibility index (Phi) is 7.15. The number of nitrogens with one attached hydrogen (secondary N) is 1. The smallest absolute Gasteiger partial charge is 0.407 e. The van der Waals surface area contributed by atoms with E-state index in [1.54, 1.807) is 63.7 Å². The number of nitriles is 1. The minimum atomic E-state index is -0.610. The molecule has 1 amide bonds. The summed E-state index contributed by atoms with van der Waals surface area (Å²) >= 11 is 0. The second-order valence-corrected chi connectivity index (χ2v) is 9.94. The molecule has 1 N–H and O–H groups in total. The summed E-state index contributed by atoms with van der Waals surface area (Å²) in [5.41, 5.74) is 0.873. The van der Waals surface area contributed by atoms with Gasteiger partial charge in [0.2, 0.25) is 0 Å². The molecule has 1 aromatic carbocycles. The lowest BCUT2D eigenvalue weighted by molar-refractivity contribution is 0.0480. The number of benzene rings is 1. The van der Waals surface area contributed by atoms with Crippen LogP contribution < -0.4 is 15.6 Å². The molecule has 1 atom stereocenters. The molecule has 3 aromatic rings. The van der Waals surface area contributed by atoms with E-state index in [2.05, 4.69) is 30.2 Å². The molecule has 0 spiro atoms. The van der Waals surface area contributed by atoms with Crippen LogP contribution in [0.4, 0.5) is 4.79 Å². The van der Waals surface area contributed by atoms with Crippen LogP contribution in [0.15, 0.2) is 29.2 Å². The molecule has 0 bridgehead atoms. The maximum absolute atomic E-state index is 13.0. The monoisotopic (exact) mass is 464 g/mol. The van der Waals surface area contributed by atoms with E-state index in [9.17, 15) is 14.9 Å². The molecule has 34 heavy (non-hydrogen) atoms. The van der Waals surface area contributed by atoms with Crippen molar-refractivity contribution >= 4 is 27.8 Å². The van der Waals surface area contributed by atoms with Gasteiger partial charge in [-0.15, -0.1) is 0 Å². The Morgan fingerprint density at radius 1 is 1.26 bits per heavy atom. The Morgan fingerprint density at radius 3 is 2.59 bits per heavy atom. The van der Waals surface area contributed by atoms with Crippen LogP contribution in [-0.4, -0.2) is 33.9 Å². The average molecular weight is 465 g/mol. The normalized spacial score (nSPS) is 12.6. The Morgan fingerprint density at radius 2 is 1.97 bits per heavy atom. The number of hydrogen-bond donors (Lipinski definition) is 1. The Hall–Kier alpha value is -3.60.